The van der Waals surface area contributed by atoms with Crippen molar-refractivity contribution >= 4 is 17.4 Å². The van der Waals surface area contributed by atoms with Crippen molar-refractivity contribution in [1.29, 1.82) is 0 Å². The topological polar surface area (TPSA) is 115 Å². The number of anilines is 1. The van der Waals surface area contributed by atoms with E-state index in [1.807, 2.05) is 34.3 Å². The average molecular weight is 556 g/mol. The molecule has 0 aromatic carbocycles. The number of ether oxygens (including phenoxy) is 1. The summed E-state index contributed by atoms with van der Waals surface area (Å²) in [7, 11) is 3.73. The number of rotatable bonds is 8. The van der Waals surface area contributed by atoms with Gasteiger partial charge >= 0.3 is 0 Å². The summed E-state index contributed by atoms with van der Waals surface area (Å²) in [6.45, 7) is 5.24. The third-order valence-electron chi connectivity index (χ3n) is 9.10. The molecule has 4 aromatic rings. The maximum Gasteiger partial charge on any atom is 0.260 e. The number of aryl methyl sites for hydroxylation is 1. The maximum absolute atomic E-state index is 13.9. The molecule has 5 heterocycles. The zero-order chi connectivity index (χ0) is 28.1. The van der Waals surface area contributed by atoms with Crippen LogP contribution in [0, 0.1) is 5.92 Å². The molecular weight excluding hydrogens is 518 g/mol. The van der Waals surface area contributed by atoms with E-state index in [0.29, 0.717) is 28.9 Å². The van der Waals surface area contributed by atoms with Gasteiger partial charge in [-0.2, -0.15) is 0 Å². The number of pyridine rings is 2. The molecule has 1 amide bonds. The molecular formula is C30H37N9O2. The lowest BCUT2D eigenvalue weighted by molar-refractivity contribution is -0.00700. The van der Waals surface area contributed by atoms with E-state index in [1.165, 1.54) is 12.8 Å². The number of aromatic nitrogens is 7. The van der Waals surface area contributed by atoms with Crippen LogP contribution < -0.4 is 5.32 Å². The third kappa shape index (κ3) is 4.91. The number of piperidine rings is 1. The van der Waals surface area contributed by atoms with Crippen molar-refractivity contribution in [2.24, 2.45) is 13.0 Å². The Morgan fingerprint density at radius 3 is 2.68 bits per heavy atom. The summed E-state index contributed by atoms with van der Waals surface area (Å²) >= 11 is 0. The molecule has 3 fully saturated rings. The molecule has 4 aromatic heterocycles. The van der Waals surface area contributed by atoms with E-state index < -0.39 is 0 Å². The molecule has 41 heavy (non-hydrogen) atoms. The molecule has 7 rings (SSSR count). The molecule has 1 aliphatic heterocycles. The Morgan fingerprint density at radius 1 is 1.12 bits per heavy atom. The smallest absolute Gasteiger partial charge is 0.260 e. The highest BCUT2D eigenvalue weighted by Crippen LogP contribution is 2.51. The number of hydrogen-bond acceptors (Lipinski definition) is 8. The van der Waals surface area contributed by atoms with Gasteiger partial charge in [-0.15, -0.1) is 20.4 Å². The molecule has 11 heteroatoms. The predicted octanol–water partition coefficient (Wildman–Crippen LogP) is 3.71. The van der Waals surface area contributed by atoms with Gasteiger partial charge in [0.05, 0.1) is 17.1 Å². The molecule has 0 bridgehead atoms. The zero-order valence-electron chi connectivity index (χ0n) is 24.0. The van der Waals surface area contributed by atoms with E-state index in [1.54, 1.807) is 19.8 Å². The van der Waals surface area contributed by atoms with Crippen LogP contribution >= 0.6 is 0 Å². The second kappa shape index (κ2) is 10.3. The SMILES string of the molecule is COC1CC(c2cc(NC(=O)c3cc(CN4CCC[C@H](C)C4)cn4cnnc34)nc(C3CC3)c2)(c2nncn2C)C1. The van der Waals surface area contributed by atoms with E-state index in [9.17, 15) is 4.79 Å². The van der Waals surface area contributed by atoms with Crippen LogP contribution in [0.5, 0.6) is 0 Å². The van der Waals surface area contributed by atoms with Crippen LogP contribution in [0.1, 0.15) is 84.4 Å². The van der Waals surface area contributed by atoms with Gasteiger partial charge < -0.3 is 14.6 Å². The number of hydrogen-bond donors (Lipinski definition) is 1. The molecule has 1 saturated heterocycles. The molecule has 1 N–H and O–H groups in total. The summed E-state index contributed by atoms with van der Waals surface area (Å²) in [5, 5.41) is 20.2. The lowest BCUT2D eigenvalue weighted by Gasteiger charge is -2.46. The lowest BCUT2D eigenvalue weighted by Crippen LogP contribution is -2.48. The van der Waals surface area contributed by atoms with Gasteiger partial charge in [-0.3, -0.25) is 14.1 Å². The van der Waals surface area contributed by atoms with Crippen molar-refractivity contribution in [1.82, 2.24) is 39.2 Å². The minimum absolute atomic E-state index is 0.147. The largest absolute Gasteiger partial charge is 0.381 e. The normalized spacial score (nSPS) is 24.9. The highest BCUT2D eigenvalue weighted by molar-refractivity contribution is 6.08. The molecule has 1 atom stereocenters. The Morgan fingerprint density at radius 2 is 1.95 bits per heavy atom. The Kier molecular flexibility index (Phi) is 6.58. The fourth-order valence-electron chi connectivity index (χ4n) is 6.75. The molecule has 0 unspecified atom stereocenters. The van der Waals surface area contributed by atoms with Crippen LogP contribution in [0.2, 0.25) is 0 Å². The number of methoxy groups -OCH3 is 1. The quantitative estimate of drug-likeness (QED) is 0.350. The number of carbonyl (C=O) groups is 1. The first-order chi connectivity index (χ1) is 19.9. The van der Waals surface area contributed by atoms with Gasteiger partial charge in [0.25, 0.3) is 5.91 Å². The number of nitrogens with one attached hydrogen (secondary N) is 1. The monoisotopic (exact) mass is 555 g/mol. The second-order valence-corrected chi connectivity index (χ2v) is 12.3. The van der Waals surface area contributed by atoms with Gasteiger partial charge in [0.2, 0.25) is 0 Å². The van der Waals surface area contributed by atoms with Crippen LogP contribution in [-0.2, 0) is 23.7 Å². The van der Waals surface area contributed by atoms with Gasteiger partial charge in [0, 0.05) is 45.1 Å². The first kappa shape index (κ1) is 26.2. The first-order valence-electron chi connectivity index (χ1n) is 14.7. The van der Waals surface area contributed by atoms with Gasteiger partial charge in [-0.1, -0.05) is 6.92 Å². The fraction of sp³-hybridized carbons (Fsp3) is 0.533. The number of likely N-dealkylation sites (tertiary alicyclic amines) is 1. The molecule has 11 nitrogen and oxygen atoms in total. The summed E-state index contributed by atoms with van der Waals surface area (Å²) < 4.78 is 9.52. The summed E-state index contributed by atoms with van der Waals surface area (Å²) in [4.78, 5) is 21.2. The van der Waals surface area contributed by atoms with E-state index in [-0.39, 0.29) is 17.4 Å². The van der Waals surface area contributed by atoms with Crippen molar-refractivity contribution in [3.63, 3.8) is 0 Å². The molecule has 0 radical (unpaired) electrons. The van der Waals surface area contributed by atoms with Gasteiger partial charge in [0.1, 0.15) is 24.3 Å². The molecule has 2 aliphatic carbocycles. The zero-order valence-corrected chi connectivity index (χ0v) is 24.0. The third-order valence-corrected chi connectivity index (χ3v) is 9.10. The Hall–Kier alpha value is -3.70. The summed E-state index contributed by atoms with van der Waals surface area (Å²) in [6, 6.07) is 6.16. The Bertz CT molecular complexity index is 1580. The standard InChI is InChI=1S/C30H37N9O2/c1-19-5-4-8-38(14-19)15-20-9-24(27-35-32-18-39(27)16-20)28(40)34-26-11-22(10-25(33-26)21-6-7-21)30(12-23(13-30)41-3)29-36-31-17-37(29)2/h9-11,16-19,21,23H,4-8,12-15H2,1-3H3,(H,33,34,40)/t19-,23?,30?/m0/s1. The van der Waals surface area contributed by atoms with Crippen molar-refractivity contribution in [2.45, 2.75) is 69.4 Å². The number of nitrogens with zero attached hydrogens (tertiary/aromatic N) is 8. The van der Waals surface area contributed by atoms with E-state index in [2.05, 4.69) is 43.6 Å². The fourth-order valence-corrected chi connectivity index (χ4v) is 6.75. The predicted molar refractivity (Wildman–Crippen MR) is 153 cm³/mol. The van der Waals surface area contributed by atoms with Crippen LogP contribution in [0.15, 0.2) is 37.1 Å². The van der Waals surface area contributed by atoms with E-state index in [4.69, 9.17) is 9.72 Å². The Labute approximate surface area is 239 Å². The van der Waals surface area contributed by atoms with Crippen LogP contribution in [0.25, 0.3) is 5.65 Å². The van der Waals surface area contributed by atoms with Gasteiger partial charge in [0.15, 0.2) is 5.65 Å². The Balaban J connectivity index is 1.22. The number of carbonyl (C=O) groups excluding carboxylic acids is 1. The van der Waals surface area contributed by atoms with Crippen molar-refractivity contribution in [3.8, 4) is 0 Å². The van der Waals surface area contributed by atoms with Crippen LogP contribution in [-0.4, -0.2) is 71.5 Å². The summed E-state index contributed by atoms with van der Waals surface area (Å²) in [5.74, 6) is 2.31. The highest BCUT2D eigenvalue weighted by atomic mass is 16.5. The average Bonchev–Trinajstić information content (AvgIpc) is 3.54. The first-order valence-corrected chi connectivity index (χ1v) is 14.7. The van der Waals surface area contributed by atoms with Gasteiger partial charge in [-0.05, 0) is 80.3 Å². The van der Waals surface area contributed by atoms with Crippen molar-refractivity contribution in [3.05, 3.63) is 65.3 Å². The van der Waals surface area contributed by atoms with Crippen molar-refractivity contribution < 1.29 is 9.53 Å². The second-order valence-electron chi connectivity index (χ2n) is 12.3. The number of fused-ring (bicyclic) bond motifs is 1. The van der Waals surface area contributed by atoms with Crippen molar-refractivity contribution in [2.75, 3.05) is 25.5 Å². The van der Waals surface area contributed by atoms with Crippen LogP contribution in [0.3, 0.4) is 0 Å². The minimum Gasteiger partial charge on any atom is -0.381 e. The lowest BCUT2D eigenvalue weighted by atomic mass is 9.62. The maximum atomic E-state index is 13.9. The molecule has 3 aliphatic rings. The van der Waals surface area contributed by atoms with E-state index in [0.717, 1.165) is 68.0 Å². The molecule has 0 spiro atoms. The number of amides is 1. The molecule has 2 saturated carbocycles. The van der Waals surface area contributed by atoms with Gasteiger partial charge in [-0.25, -0.2) is 4.98 Å². The van der Waals surface area contributed by atoms with E-state index >= 15 is 0 Å². The molecule has 214 valence electrons. The van der Waals surface area contributed by atoms with Crippen LogP contribution in [0.4, 0.5) is 5.82 Å². The summed E-state index contributed by atoms with van der Waals surface area (Å²) in [5.41, 5.74) is 3.86. The summed E-state index contributed by atoms with van der Waals surface area (Å²) in [6.07, 6.45) is 11.9. The highest BCUT2D eigenvalue weighted by Gasteiger charge is 2.51. The minimum atomic E-state index is -0.343.